The summed E-state index contributed by atoms with van der Waals surface area (Å²) >= 11 is 0. The van der Waals surface area contributed by atoms with Gasteiger partial charge in [-0.25, -0.2) is 0 Å². The van der Waals surface area contributed by atoms with E-state index in [1.807, 2.05) is 5.57 Å². The van der Waals surface area contributed by atoms with Crippen molar-refractivity contribution in [1.29, 1.82) is 0 Å². The average molecular weight is 397 g/mol. The zero-order valence-electron chi connectivity index (χ0n) is 19.8. The summed E-state index contributed by atoms with van der Waals surface area (Å²) in [7, 11) is 0. The summed E-state index contributed by atoms with van der Waals surface area (Å²) in [6, 6.07) is 0. The first-order valence-electron chi connectivity index (χ1n) is 12.4. The monoisotopic (exact) mass is 396 g/mol. The van der Waals surface area contributed by atoms with Crippen molar-refractivity contribution in [3.63, 3.8) is 0 Å². The Balaban J connectivity index is 1.57. The molecule has 2 fully saturated rings. The Morgan fingerprint density at radius 3 is 2.52 bits per heavy atom. The van der Waals surface area contributed by atoms with Gasteiger partial charge in [0, 0.05) is 5.41 Å². The molecule has 1 nitrogen and oxygen atoms in total. The van der Waals surface area contributed by atoms with Crippen molar-refractivity contribution in [1.82, 2.24) is 0 Å². The highest BCUT2D eigenvalue weighted by molar-refractivity contribution is 5.43. The van der Waals surface area contributed by atoms with Crippen LogP contribution in [0.15, 0.2) is 34.9 Å². The minimum atomic E-state index is -0.109. The van der Waals surface area contributed by atoms with E-state index in [1.54, 1.807) is 11.1 Å². The fraction of sp³-hybridized carbons (Fsp3) is 0.786. The standard InChI is InChI=1S/C28H44O/c1-18(2)19(3)7-8-20(4)24-11-12-25-23-10-9-21-17-22(29)13-15-27(21,5)26(23)14-16-28(24,25)6/h7-9,18-20,22,24-25,29H,10-17H2,1-6H3/b8-7+/t19-,20-,22+,24-,25+,27+,28-/m1/s1. The van der Waals surface area contributed by atoms with E-state index in [4.69, 9.17) is 0 Å². The average Bonchev–Trinajstić information content (AvgIpc) is 3.03. The number of hydrogen-bond acceptors (Lipinski definition) is 1. The van der Waals surface area contributed by atoms with Gasteiger partial charge in [0.2, 0.25) is 0 Å². The van der Waals surface area contributed by atoms with Gasteiger partial charge in [-0.1, -0.05) is 76.5 Å². The molecule has 2 saturated carbocycles. The van der Waals surface area contributed by atoms with E-state index in [-0.39, 0.29) is 11.5 Å². The van der Waals surface area contributed by atoms with Crippen LogP contribution in [0.25, 0.3) is 0 Å². The Hall–Kier alpha value is -0.820. The minimum absolute atomic E-state index is 0.109. The summed E-state index contributed by atoms with van der Waals surface area (Å²) < 4.78 is 0. The van der Waals surface area contributed by atoms with Crippen LogP contribution in [-0.2, 0) is 0 Å². The van der Waals surface area contributed by atoms with Gasteiger partial charge in [0.15, 0.2) is 0 Å². The Morgan fingerprint density at radius 1 is 1.03 bits per heavy atom. The van der Waals surface area contributed by atoms with Crippen molar-refractivity contribution in [2.75, 3.05) is 0 Å². The van der Waals surface area contributed by atoms with Gasteiger partial charge in [-0.3, -0.25) is 0 Å². The number of rotatable bonds is 4. The molecule has 4 aliphatic rings. The fourth-order valence-electron chi connectivity index (χ4n) is 7.51. The van der Waals surface area contributed by atoms with Crippen LogP contribution in [0.1, 0.15) is 92.9 Å². The van der Waals surface area contributed by atoms with Crippen molar-refractivity contribution in [3.8, 4) is 0 Å². The van der Waals surface area contributed by atoms with Gasteiger partial charge >= 0.3 is 0 Å². The zero-order valence-corrected chi connectivity index (χ0v) is 19.8. The van der Waals surface area contributed by atoms with Gasteiger partial charge in [0.05, 0.1) is 6.10 Å². The SMILES string of the molecule is CC(C)[C@H](C)/C=C/[C@@H](C)[C@H]1CC[C@H]2C3=C(CC[C@]12C)[C@@]1(C)CC[C@H](O)CC1=CC3. The molecule has 4 aliphatic carbocycles. The van der Waals surface area contributed by atoms with E-state index in [0.29, 0.717) is 17.3 Å². The van der Waals surface area contributed by atoms with Crippen LogP contribution in [0.2, 0.25) is 0 Å². The van der Waals surface area contributed by atoms with Crippen LogP contribution in [0.5, 0.6) is 0 Å². The number of aliphatic hydroxyl groups is 1. The van der Waals surface area contributed by atoms with Gasteiger partial charge in [-0.15, -0.1) is 0 Å². The molecule has 0 aromatic heterocycles. The number of allylic oxidation sites excluding steroid dienone is 5. The second-order valence-corrected chi connectivity index (χ2v) is 11.8. The lowest BCUT2D eigenvalue weighted by Gasteiger charge is -2.52. The Morgan fingerprint density at radius 2 is 1.79 bits per heavy atom. The van der Waals surface area contributed by atoms with Crippen LogP contribution >= 0.6 is 0 Å². The maximum atomic E-state index is 10.2. The number of fused-ring (bicyclic) bond motifs is 4. The largest absolute Gasteiger partial charge is 0.393 e. The Kier molecular flexibility index (Phi) is 5.69. The first kappa shape index (κ1) is 21.4. The molecule has 0 saturated heterocycles. The Labute approximate surface area is 179 Å². The summed E-state index contributed by atoms with van der Waals surface area (Å²) in [5.41, 5.74) is 5.88. The summed E-state index contributed by atoms with van der Waals surface area (Å²) in [4.78, 5) is 0. The third-order valence-electron chi connectivity index (χ3n) is 9.91. The number of aliphatic hydroxyl groups excluding tert-OH is 1. The molecule has 4 rings (SSSR count). The topological polar surface area (TPSA) is 20.2 Å². The zero-order chi connectivity index (χ0) is 21.0. The minimum Gasteiger partial charge on any atom is -0.393 e. The molecule has 0 spiro atoms. The first-order chi connectivity index (χ1) is 13.7. The lowest BCUT2D eigenvalue weighted by molar-refractivity contribution is 0.0971. The molecular formula is C28H44O. The maximum Gasteiger partial charge on any atom is 0.0578 e. The second kappa shape index (κ2) is 7.70. The van der Waals surface area contributed by atoms with E-state index in [0.717, 1.165) is 43.4 Å². The van der Waals surface area contributed by atoms with Crippen molar-refractivity contribution in [2.24, 2.45) is 40.4 Å². The molecule has 0 aromatic rings. The van der Waals surface area contributed by atoms with Crippen LogP contribution in [0, 0.1) is 40.4 Å². The quantitative estimate of drug-likeness (QED) is 0.488. The van der Waals surface area contributed by atoms with E-state index < -0.39 is 0 Å². The third-order valence-corrected chi connectivity index (χ3v) is 9.91. The molecule has 162 valence electrons. The molecule has 0 aliphatic heterocycles. The van der Waals surface area contributed by atoms with Gasteiger partial charge in [0.1, 0.15) is 0 Å². The van der Waals surface area contributed by atoms with Crippen LogP contribution in [0.4, 0.5) is 0 Å². The molecule has 0 unspecified atom stereocenters. The molecule has 0 radical (unpaired) electrons. The molecule has 0 heterocycles. The summed E-state index contributed by atoms with van der Waals surface area (Å²) in [5, 5.41) is 10.2. The summed E-state index contributed by atoms with van der Waals surface area (Å²) in [5.74, 6) is 3.69. The van der Waals surface area contributed by atoms with E-state index in [2.05, 4.69) is 59.8 Å². The molecule has 1 N–H and O–H groups in total. The highest BCUT2D eigenvalue weighted by Gasteiger charge is 2.54. The first-order valence-corrected chi connectivity index (χ1v) is 12.4. The molecular weight excluding hydrogens is 352 g/mol. The van der Waals surface area contributed by atoms with E-state index in [1.165, 1.54) is 25.7 Å². The molecule has 0 aromatic carbocycles. The smallest absolute Gasteiger partial charge is 0.0578 e. The van der Waals surface area contributed by atoms with Gasteiger partial charge in [0.25, 0.3) is 0 Å². The molecule has 0 bridgehead atoms. The van der Waals surface area contributed by atoms with Crippen molar-refractivity contribution >= 4 is 0 Å². The fourth-order valence-corrected chi connectivity index (χ4v) is 7.51. The van der Waals surface area contributed by atoms with Crippen LogP contribution < -0.4 is 0 Å². The van der Waals surface area contributed by atoms with E-state index >= 15 is 0 Å². The van der Waals surface area contributed by atoms with Crippen molar-refractivity contribution in [2.45, 2.75) is 99.0 Å². The highest BCUT2D eigenvalue weighted by Crippen LogP contribution is 2.64. The lowest BCUT2D eigenvalue weighted by atomic mass is 9.53. The van der Waals surface area contributed by atoms with Gasteiger partial charge < -0.3 is 5.11 Å². The van der Waals surface area contributed by atoms with Crippen molar-refractivity contribution in [3.05, 3.63) is 34.9 Å². The van der Waals surface area contributed by atoms with E-state index in [9.17, 15) is 5.11 Å². The predicted octanol–water partition coefficient (Wildman–Crippen LogP) is 7.47. The lowest BCUT2D eigenvalue weighted by Crippen LogP contribution is -2.41. The molecule has 0 amide bonds. The summed E-state index contributed by atoms with van der Waals surface area (Å²) in [6.07, 6.45) is 17.1. The van der Waals surface area contributed by atoms with Crippen LogP contribution in [-0.4, -0.2) is 11.2 Å². The molecule has 1 heteroatoms. The normalized spacial score (nSPS) is 41.8. The third kappa shape index (κ3) is 3.50. The summed E-state index contributed by atoms with van der Waals surface area (Å²) in [6.45, 7) is 14.6. The van der Waals surface area contributed by atoms with Gasteiger partial charge in [-0.05, 0) is 86.4 Å². The second-order valence-electron chi connectivity index (χ2n) is 11.8. The highest BCUT2D eigenvalue weighted by atomic mass is 16.3. The molecule has 29 heavy (non-hydrogen) atoms. The number of hydrogen-bond donors (Lipinski definition) is 1. The predicted molar refractivity (Wildman–Crippen MR) is 124 cm³/mol. The van der Waals surface area contributed by atoms with Crippen LogP contribution in [0.3, 0.4) is 0 Å². The van der Waals surface area contributed by atoms with Crippen molar-refractivity contribution < 1.29 is 5.11 Å². The Bertz CT molecular complexity index is 725. The molecule has 7 atom stereocenters. The van der Waals surface area contributed by atoms with Gasteiger partial charge in [-0.2, -0.15) is 0 Å². The maximum absolute atomic E-state index is 10.2.